The highest BCUT2D eigenvalue weighted by molar-refractivity contribution is 9.10. The molecule has 0 aliphatic carbocycles. The van der Waals surface area contributed by atoms with Gasteiger partial charge in [-0.05, 0) is 24.7 Å². The van der Waals surface area contributed by atoms with Crippen LogP contribution in [0.5, 0.6) is 0 Å². The van der Waals surface area contributed by atoms with Crippen molar-refractivity contribution in [1.29, 1.82) is 0 Å². The van der Waals surface area contributed by atoms with Gasteiger partial charge in [-0.3, -0.25) is 0 Å². The predicted molar refractivity (Wildman–Crippen MR) is 120 cm³/mol. The Bertz CT molecular complexity index is 1130. The van der Waals surface area contributed by atoms with Crippen molar-refractivity contribution >= 4 is 32.8 Å². The number of hydrogen-bond donors (Lipinski definition) is 0. The number of piperazine rings is 1. The minimum absolute atomic E-state index is 0.630. The summed E-state index contributed by atoms with van der Waals surface area (Å²) in [5.74, 6) is 1.78. The van der Waals surface area contributed by atoms with Crippen molar-refractivity contribution in [3.8, 4) is 22.5 Å². The maximum Gasteiger partial charge on any atom is 0.232 e. The molecule has 29 heavy (non-hydrogen) atoms. The molecule has 146 valence electrons. The summed E-state index contributed by atoms with van der Waals surface area (Å²) in [6.07, 6.45) is 1.61. The third-order valence-corrected chi connectivity index (χ3v) is 5.97. The maximum atomic E-state index is 6.33. The Morgan fingerprint density at radius 3 is 2.31 bits per heavy atom. The normalized spacial score (nSPS) is 15.2. The van der Waals surface area contributed by atoms with Crippen LogP contribution in [0.3, 0.4) is 0 Å². The highest BCUT2D eigenvalue weighted by atomic mass is 79.9. The van der Waals surface area contributed by atoms with E-state index in [4.69, 9.17) is 9.40 Å². The first kappa shape index (κ1) is 18.3. The van der Waals surface area contributed by atoms with Gasteiger partial charge in [-0.1, -0.05) is 58.4 Å². The van der Waals surface area contributed by atoms with Crippen molar-refractivity contribution in [2.75, 3.05) is 38.1 Å². The van der Waals surface area contributed by atoms with Gasteiger partial charge in [0.1, 0.15) is 17.9 Å². The lowest BCUT2D eigenvalue weighted by molar-refractivity contribution is 0.312. The van der Waals surface area contributed by atoms with Gasteiger partial charge in [0.05, 0.1) is 5.39 Å². The largest absolute Gasteiger partial charge is 0.437 e. The van der Waals surface area contributed by atoms with Gasteiger partial charge in [0.25, 0.3) is 0 Å². The summed E-state index contributed by atoms with van der Waals surface area (Å²) in [5.41, 5.74) is 3.81. The number of rotatable bonds is 3. The van der Waals surface area contributed by atoms with Crippen LogP contribution in [-0.4, -0.2) is 48.1 Å². The van der Waals surface area contributed by atoms with Crippen LogP contribution in [0.15, 0.2) is 69.8 Å². The van der Waals surface area contributed by atoms with Gasteiger partial charge < -0.3 is 14.2 Å². The molecule has 4 aromatic rings. The van der Waals surface area contributed by atoms with E-state index < -0.39 is 0 Å². The monoisotopic (exact) mass is 448 g/mol. The van der Waals surface area contributed by atoms with E-state index in [1.54, 1.807) is 6.33 Å². The SMILES string of the molecule is CN1CCN(c2ncnc3oc(-c4ccc(Br)cc4)c(-c4ccccc4)c23)CC1. The number of aromatic nitrogens is 2. The smallest absolute Gasteiger partial charge is 0.232 e. The number of benzene rings is 2. The van der Waals surface area contributed by atoms with E-state index in [0.717, 1.165) is 64.3 Å². The van der Waals surface area contributed by atoms with Gasteiger partial charge in [0.2, 0.25) is 5.71 Å². The van der Waals surface area contributed by atoms with E-state index in [9.17, 15) is 0 Å². The average molecular weight is 449 g/mol. The molecule has 1 aliphatic heterocycles. The van der Waals surface area contributed by atoms with E-state index in [0.29, 0.717) is 5.71 Å². The Morgan fingerprint density at radius 2 is 1.59 bits per heavy atom. The molecule has 2 aromatic carbocycles. The fourth-order valence-corrected chi connectivity index (χ4v) is 4.13. The van der Waals surface area contributed by atoms with E-state index in [1.807, 2.05) is 18.2 Å². The molecule has 0 spiro atoms. The third-order valence-electron chi connectivity index (χ3n) is 5.44. The molecule has 2 aromatic heterocycles. The Hall–Kier alpha value is -2.70. The topological polar surface area (TPSA) is 45.4 Å². The number of fused-ring (bicyclic) bond motifs is 1. The number of furan rings is 1. The summed E-state index contributed by atoms with van der Waals surface area (Å²) in [4.78, 5) is 13.9. The highest BCUT2D eigenvalue weighted by Gasteiger charge is 2.25. The lowest BCUT2D eigenvalue weighted by Gasteiger charge is -2.33. The Balaban J connectivity index is 1.75. The van der Waals surface area contributed by atoms with Gasteiger partial charge in [-0.15, -0.1) is 0 Å². The molecule has 0 radical (unpaired) electrons. The Labute approximate surface area is 178 Å². The number of anilines is 1. The molecule has 1 fully saturated rings. The molecule has 0 unspecified atom stereocenters. The minimum Gasteiger partial charge on any atom is -0.437 e. The summed E-state index contributed by atoms with van der Waals surface area (Å²) in [6, 6.07) is 18.6. The molecule has 5 nitrogen and oxygen atoms in total. The second kappa shape index (κ2) is 7.61. The van der Waals surface area contributed by atoms with Gasteiger partial charge in [0.15, 0.2) is 0 Å². The lowest BCUT2D eigenvalue weighted by Crippen LogP contribution is -2.44. The van der Waals surface area contributed by atoms with Gasteiger partial charge in [0, 0.05) is 41.8 Å². The molecule has 6 heteroatoms. The fourth-order valence-electron chi connectivity index (χ4n) is 3.86. The van der Waals surface area contributed by atoms with Gasteiger partial charge in [-0.2, -0.15) is 0 Å². The molecule has 3 heterocycles. The average Bonchev–Trinajstić information content (AvgIpc) is 3.15. The van der Waals surface area contributed by atoms with E-state index in [2.05, 4.69) is 74.2 Å². The molecule has 1 saturated heterocycles. The van der Waals surface area contributed by atoms with Crippen molar-refractivity contribution in [3.05, 3.63) is 65.4 Å². The van der Waals surface area contributed by atoms with Crippen LogP contribution in [0, 0.1) is 0 Å². The van der Waals surface area contributed by atoms with Crippen molar-refractivity contribution in [3.63, 3.8) is 0 Å². The number of hydrogen-bond acceptors (Lipinski definition) is 5. The second-order valence-electron chi connectivity index (χ2n) is 7.35. The first-order valence-corrected chi connectivity index (χ1v) is 10.5. The molecular weight excluding hydrogens is 428 g/mol. The van der Waals surface area contributed by atoms with Gasteiger partial charge >= 0.3 is 0 Å². The third kappa shape index (κ3) is 3.43. The lowest BCUT2D eigenvalue weighted by atomic mass is 9.99. The van der Waals surface area contributed by atoms with Gasteiger partial charge in [-0.25, -0.2) is 9.97 Å². The van der Waals surface area contributed by atoms with Crippen molar-refractivity contribution in [1.82, 2.24) is 14.9 Å². The minimum atomic E-state index is 0.630. The standard InChI is InChI=1S/C23H21BrN4O/c1-27-11-13-28(14-12-27)22-20-19(16-5-3-2-4-6-16)21(29-23(20)26-15-25-22)17-7-9-18(24)10-8-17/h2-10,15H,11-14H2,1H3. The summed E-state index contributed by atoms with van der Waals surface area (Å²) >= 11 is 3.52. The zero-order chi connectivity index (χ0) is 19.8. The van der Waals surface area contributed by atoms with E-state index in [1.165, 1.54) is 0 Å². The van der Waals surface area contributed by atoms with Crippen LogP contribution in [0.1, 0.15) is 0 Å². The van der Waals surface area contributed by atoms with Crippen LogP contribution in [0.4, 0.5) is 5.82 Å². The summed E-state index contributed by atoms with van der Waals surface area (Å²) in [6.45, 7) is 3.92. The van der Waals surface area contributed by atoms with Crippen LogP contribution in [0.25, 0.3) is 33.6 Å². The van der Waals surface area contributed by atoms with Crippen LogP contribution in [-0.2, 0) is 0 Å². The fraction of sp³-hybridized carbons (Fsp3) is 0.217. The molecule has 0 N–H and O–H groups in total. The highest BCUT2D eigenvalue weighted by Crippen LogP contribution is 2.43. The quantitative estimate of drug-likeness (QED) is 0.437. The number of nitrogens with zero attached hydrogens (tertiary/aromatic N) is 4. The Morgan fingerprint density at radius 1 is 0.862 bits per heavy atom. The molecule has 0 saturated carbocycles. The molecular formula is C23H21BrN4O. The summed E-state index contributed by atoms with van der Waals surface area (Å²) in [5, 5.41) is 0.987. The summed E-state index contributed by atoms with van der Waals surface area (Å²) < 4.78 is 7.37. The van der Waals surface area contributed by atoms with E-state index >= 15 is 0 Å². The van der Waals surface area contributed by atoms with Crippen LogP contribution in [0.2, 0.25) is 0 Å². The molecule has 5 rings (SSSR count). The molecule has 0 amide bonds. The van der Waals surface area contributed by atoms with Crippen LogP contribution < -0.4 is 4.90 Å². The predicted octanol–water partition coefficient (Wildman–Crippen LogP) is 5.07. The Kier molecular flexibility index (Phi) is 4.81. The number of likely N-dealkylation sites (N-methyl/N-ethyl adjacent to an activating group) is 1. The maximum absolute atomic E-state index is 6.33. The molecule has 0 bridgehead atoms. The zero-order valence-electron chi connectivity index (χ0n) is 16.2. The zero-order valence-corrected chi connectivity index (χ0v) is 17.8. The molecule has 1 aliphatic rings. The molecule has 0 atom stereocenters. The van der Waals surface area contributed by atoms with Crippen molar-refractivity contribution in [2.24, 2.45) is 0 Å². The first-order chi connectivity index (χ1) is 14.2. The van der Waals surface area contributed by atoms with Crippen molar-refractivity contribution < 1.29 is 4.42 Å². The van der Waals surface area contributed by atoms with Crippen LogP contribution >= 0.6 is 15.9 Å². The summed E-state index contributed by atoms with van der Waals surface area (Å²) in [7, 11) is 2.16. The second-order valence-corrected chi connectivity index (χ2v) is 8.26. The van der Waals surface area contributed by atoms with Crippen molar-refractivity contribution in [2.45, 2.75) is 0 Å². The van der Waals surface area contributed by atoms with E-state index in [-0.39, 0.29) is 0 Å². The number of halogens is 1. The first-order valence-electron chi connectivity index (χ1n) is 9.73.